The summed E-state index contributed by atoms with van der Waals surface area (Å²) in [5, 5.41) is 0.840. The Kier molecular flexibility index (Phi) is 2.03. The van der Waals surface area contributed by atoms with E-state index in [1.165, 1.54) is 4.90 Å². The fourth-order valence-corrected chi connectivity index (χ4v) is 2.62. The van der Waals surface area contributed by atoms with Crippen LogP contribution < -0.4 is 4.90 Å². The molecular weight excluding hydrogens is 249 g/mol. The Labute approximate surface area is 102 Å². The van der Waals surface area contributed by atoms with E-state index in [1.807, 2.05) is 0 Å². The van der Waals surface area contributed by atoms with Crippen molar-refractivity contribution >= 4 is 40.7 Å². The number of carbonyl (C=O) groups excluding carboxylic acids is 2. The van der Waals surface area contributed by atoms with E-state index >= 15 is 0 Å². The number of carbonyl (C=O) groups is 2. The lowest BCUT2D eigenvalue weighted by Gasteiger charge is -2.16. The smallest absolute Gasteiger partial charge is 0.237 e. The molecule has 1 saturated carbocycles. The standard InChI is InChI=1S/C11H7Cl2NO2/c12-5-1-6(13)3-7(2-5)14-10(15)8-4-9(8)11(14)16/h1-3,8-9H,4H2. The van der Waals surface area contributed by atoms with Gasteiger partial charge in [-0.2, -0.15) is 0 Å². The molecule has 1 saturated heterocycles. The number of amides is 2. The molecule has 0 radical (unpaired) electrons. The van der Waals surface area contributed by atoms with Crippen molar-refractivity contribution in [1.82, 2.24) is 0 Å². The first-order chi connectivity index (χ1) is 7.58. The number of halogens is 2. The van der Waals surface area contributed by atoms with Crippen LogP contribution in [0.25, 0.3) is 0 Å². The van der Waals surface area contributed by atoms with Crippen LogP contribution in [0.2, 0.25) is 10.0 Å². The third kappa shape index (κ3) is 1.35. The lowest BCUT2D eigenvalue weighted by atomic mass is 10.2. The maximum absolute atomic E-state index is 11.8. The van der Waals surface area contributed by atoms with E-state index in [0.29, 0.717) is 22.2 Å². The predicted octanol–water partition coefficient (Wildman–Crippen LogP) is 2.50. The summed E-state index contributed by atoms with van der Waals surface area (Å²) in [4.78, 5) is 24.8. The molecule has 0 N–H and O–H groups in total. The number of fused-ring (bicyclic) bond motifs is 1. The molecule has 1 aliphatic carbocycles. The molecule has 3 rings (SSSR count). The van der Waals surface area contributed by atoms with Gasteiger partial charge >= 0.3 is 0 Å². The molecule has 1 aromatic carbocycles. The summed E-state index contributed by atoms with van der Waals surface area (Å²) in [6, 6.07) is 4.72. The lowest BCUT2D eigenvalue weighted by molar-refractivity contribution is -0.123. The average Bonchev–Trinajstić information content (AvgIpc) is 2.90. The molecule has 1 heterocycles. The second-order valence-corrected chi connectivity index (χ2v) is 4.96. The van der Waals surface area contributed by atoms with Crippen LogP contribution in [0.5, 0.6) is 0 Å². The second kappa shape index (κ2) is 3.22. The summed E-state index contributed by atoms with van der Waals surface area (Å²) in [5.41, 5.74) is 0.472. The highest BCUT2D eigenvalue weighted by molar-refractivity contribution is 6.35. The van der Waals surface area contributed by atoms with Gasteiger partial charge in [0.05, 0.1) is 17.5 Å². The molecule has 82 valence electrons. The number of piperidine rings is 1. The van der Waals surface area contributed by atoms with Crippen LogP contribution in [0.15, 0.2) is 18.2 Å². The molecule has 2 atom stereocenters. The molecule has 16 heavy (non-hydrogen) atoms. The van der Waals surface area contributed by atoms with E-state index in [-0.39, 0.29) is 23.7 Å². The zero-order valence-corrected chi connectivity index (χ0v) is 9.63. The summed E-state index contributed by atoms with van der Waals surface area (Å²) in [5.74, 6) is -0.475. The minimum absolute atomic E-state index is 0.106. The highest BCUT2D eigenvalue weighted by Crippen LogP contribution is 2.48. The van der Waals surface area contributed by atoms with E-state index in [1.54, 1.807) is 18.2 Å². The number of anilines is 1. The van der Waals surface area contributed by atoms with Crippen LogP contribution in [0.4, 0.5) is 5.69 Å². The van der Waals surface area contributed by atoms with Crippen molar-refractivity contribution < 1.29 is 9.59 Å². The van der Waals surface area contributed by atoms with Gasteiger partial charge in [-0.05, 0) is 24.6 Å². The van der Waals surface area contributed by atoms with Gasteiger partial charge in [-0.3, -0.25) is 9.59 Å². The van der Waals surface area contributed by atoms with E-state index in [2.05, 4.69) is 0 Å². The Bertz CT molecular complexity index is 474. The highest BCUT2D eigenvalue weighted by Gasteiger charge is 2.59. The van der Waals surface area contributed by atoms with Crippen molar-refractivity contribution in [2.75, 3.05) is 4.90 Å². The van der Waals surface area contributed by atoms with Crippen LogP contribution in [-0.4, -0.2) is 11.8 Å². The van der Waals surface area contributed by atoms with Crippen LogP contribution in [0, 0.1) is 11.8 Å². The Hall–Kier alpha value is -1.06. The van der Waals surface area contributed by atoms with Crippen LogP contribution >= 0.6 is 23.2 Å². The molecule has 5 heteroatoms. The molecule has 2 aliphatic rings. The highest BCUT2D eigenvalue weighted by atomic mass is 35.5. The Morgan fingerprint density at radius 2 is 1.50 bits per heavy atom. The number of nitrogens with zero attached hydrogens (tertiary/aromatic N) is 1. The maximum atomic E-state index is 11.8. The van der Waals surface area contributed by atoms with Gasteiger partial charge in [0.15, 0.2) is 0 Å². The Morgan fingerprint density at radius 3 is 2.00 bits per heavy atom. The quantitative estimate of drug-likeness (QED) is 0.724. The third-order valence-corrected chi connectivity index (χ3v) is 3.41. The monoisotopic (exact) mass is 255 g/mol. The normalized spacial score (nSPS) is 27.2. The molecule has 1 aromatic rings. The topological polar surface area (TPSA) is 37.4 Å². The summed E-state index contributed by atoms with van der Waals surface area (Å²) >= 11 is 11.7. The number of imide groups is 1. The van der Waals surface area contributed by atoms with Gasteiger partial charge in [-0.15, -0.1) is 0 Å². The van der Waals surface area contributed by atoms with Gasteiger partial charge in [0.25, 0.3) is 0 Å². The number of hydrogen-bond donors (Lipinski definition) is 0. The predicted molar refractivity (Wildman–Crippen MR) is 60.6 cm³/mol. The zero-order valence-electron chi connectivity index (χ0n) is 8.11. The maximum Gasteiger partial charge on any atom is 0.237 e. The van der Waals surface area contributed by atoms with E-state index < -0.39 is 0 Å². The van der Waals surface area contributed by atoms with Gasteiger partial charge in [0, 0.05) is 10.0 Å². The van der Waals surface area contributed by atoms with E-state index in [0.717, 1.165) is 0 Å². The molecule has 0 spiro atoms. The number of rotatable bonds is 1. The zero-order chi connectivity index (χ0) is 11.4. The summed E-state index contributed by atoms with van der Waals surface area (Å²) in [7, 11) is 0. The minimum atomic E-state index is -0.131. The van der Waals surface area contributed by atoms with Crippen molar-refractivity contribution in [2.24, 2.45) is 11.8 Å². The van der Waals surface area contributed by atoms with Gasteiger partial charge in [-0.25, -0.2) is 4.90 Å². The molecule has 2 fully saturated rings. The first kappa shape index (κ1) is 10.1. The van der Waals surface area contributed by atoms with Gasteiger partial charge < -0.3 is 0 Å². The van der Waals surface area contributed by atoms with Crippen LogP contribution in [-0.2, 0) is 9.59 Å². The SMILES string of the molecule is O=C1C2CC2C(=O)N1c1cc(Cl)cc(Cl)c1. The van der Waals surface area contributed by atoms with Crippen molar-refractivity contribution in [1.29, 1.82) is 0 Å². The van der Waals surface area contributed by atoms with E-state index in [4.69, 9.17) is 23.2 Å². The van der Waals surface area contributed by atoms with Gasteiger partial charge in [0.2, 0.25) is 11.8 Å². The Morgan fingerprint density at radius 1 is 1.00 bits per heavy atom. The lowest BCUT2D eigenvalue weighted by Crippen LogP contribution is -2.32. The summed E-state index contributed by atoms with van der Waals surface area (Å²) in [6.45, 7) is 0. The van der Waals surface area contributed by atoms with Crippen molar-refractivity contribution in [3.05, 3.63) is 28.2 Å². The average molecular weight is 256 g/mol. The molecule has 0 aromatic heterocycles. The molecule has 0 bridgehead atoms. The largest absolute Gasteiger partial charge is 0.274 e. The summed E-state index contributed by atoms with van der Waals surface area (Å²) in [6.07, 6.45) is 0.697. The van der Waals surface area contributed by atoms with Crippen molar-refractivity contribution in [2.45, 2.75) is 6.42 Å². The molecule has 3 nitrogen and oxygen atoms in total. The molecule has 1 aliphatic heterocycles. The van der Waals surface area contributed by atoms with Gasteiger partial charge in [-0.1, -0.05) is 23.2 Å². The molecule has 2 amide bonds. The van der Waals surface area contributed by atoms with Crippen molar-refractivity contribution in [3.63, 3.8) is 0 Å². The fraction of sp³-hybridized carbons (Fsp3) is 0.273. The van der Waals surface area contributed by atoms with Crippen molar-refractivity contribution in [3.8, 4) is 0 Å². The summed E-state index contributed by atoms with van der Waals surface area (Å²) < 4.78 is 0. The Balaban J connectivity index is 2.04. The van der Waals surface area contributed by atoms with Gasteiger partial charge in [0.1, 0.15) is 0 Å². The van der Waals surface area contributed by atoms with Crippen LogP contribution in [0.1, 0.15) is 6.42 Å². The minimum Gasteiger partial charge on any atom is -0.274 e. The van der Waals surface area contributed by atoms with E-state index in [9.17, 15) is 9.59 Å². The number of hydrogen-bond acceptors (Lipinski definition) is 2. The molecular formula is C11H7Cl2NO2. The first-order valence-corrected chi connectivity index (χ1v) is 5.67. The number of benzene rings is 1. The van der Waals surface area contributed by atoms with Crippen LogP contribution in [0.3, 0.4) is 0 Å². The first-order valence-electron chi connectivity index (χ1n) is 4.92. The molecule has 2 unspecified atom stereocenters. The fourth-order valence-electron chi connectivity index (χ4n) is 2.10. The second-order valence-electron chi connectivity index (χ2n) is 4.09. The third-order valence-electron chi connectivity index (χ3n) is 2.97.